The van der Waals surface area contributed by atoms with Gasteiger partial charge in [-0.2, -0.15) is 0 Å². The van der Waals surface area contributed by atoms with E-state index in [-0.39, 0.29) is 36.5 Å². The van der Waals surface area contributed by atoms with E-state index < -0.39 is 5.41 Å². The average Bonchev–Trinajstić information content (AvgIpc) is 2.27. The molecule has 0 aromatic rings. The van der Waals surface area contributed by atoms with Crippen LogP contribution in [0.15, 0.2) is 0 Å². The van der Waals surface area contributed by atoms with Crippen LogP contribution in [0.3, 0.4) is 0 Å². The molecule has 1 rings (SSSR count). The lowest BCUT2D eigenvalue weighted by Crippen LogP contribution is -2.38. The lowest BCUT2D eigenvalue weighted by atomic mass is 9.92. The number of rotatable bonds is 3. The zero-order chi connectivity index (χ0) is 11.8. The van der Waals surface area contributed by atoms with Crippen molar-refractivity contribution < 1.29 is 14.4 Å². The van der Waals surface area contributed by atoms with Crippen LogP contribution in [0.1, 0.15) is 34.1 Å². The van der Waals surface area contributed by atoms with Crippen molar-refractivity contribution in [1.29, 1.82) is 0 Å². The molecule has 0 saturated carbocycles. The smallest absolute Gasteiger partial charge is 0.235 e. The number of nitrogens with zero attached hydrogens (tertiary/aromatic N) is 1. The maximum Gasteiger partial charge on any atom is 0.235 e. The van der Waals surface area contributed by atoms with Crippen molar-refractivity contribution in [3.8, 4) is 0 Å². The second-order valence-corrected chi connectivity index (χ2v) is 4.97. The molecule has 0 aromatic heterocycles. The van der Waals surface area contributed by atoms with Crippen molar-refractivity contribution in [3.63, 3.8) is 0 Å². The van der Waals surface area contributed by atoms with E-state index in [2.05, 4.69) is 0 Å². The summed E-state index contributed by atoms with van der Waals surface area (Å²) in [6.07, 6.45) is 0.206. The Hall–Kier alpha value is -1.19. The maximum atomic E-state index is 11.7. The predicted octanol–water partition coefficient (Wildman–Crippen LogP) is 0.997. The molecule has 4 nitrogen and oxygen atoms in total. The highest BCUT2D eigenvalue weighted by atomic mass is 16.2. The molecule has 2 amide bonds. The van der Waals surface area contributed by atoms with Crippen molar-refractivity contribution in [2.24, 2.45) is 11.3 Å². The molecular formula is C11H17NO3. The zero-order valence-corrected chi connectivity index (χ0v) is 9.66. The molecule has 0 spiro atoms. The van der Waals surface area contributed by atoms with Gasteiger partial charge in [-0.25, -0.2) is 0 Å². The second-order valence-electron chi connectivity index (χ2n) is 4.97. The molecule has 84 valence electrons. The molecule has 0 unspecified atom stereocenters. The van der Waals surface area contributed by atoms with Crippen molar-refractivity contribution in [2.45, 2.75) is 34.1 Å². The number of amides is 2. The van der Waals surface area contributed by atoms with Crippen LogP contribution in [-0.2, 0) is 14.4 Å². The van der Waals surface area contributed by atoms with E-state index in [4.69, 9.17) is 0 Å². The fourth-order valence-electron chi connectivity index (χ4n) is 1.53. The number of Topliss-reactive ketones (excluding diaryl/α,β-unsaturated/α-hetero) is 1. The van der Waals surface area contributed by atoms with Gasteiger partial charge in [0.2, 0.25) is 11.8 Å². The minimum Gasteiger partial charge on any atom is -0.297 e. The van der Waals surface area contributed by atoms with Gasteiger partial charge in [0.1, 0.15) is 0 Å². The van der Waals surface area contributed by atoms with Gasteiger partial charge in [0.15, 0.2) is 5.78 Å². The van der Waals surface area contributed by atoms with Gasteiger partial charge in [0, 0.05) is 12.3 Å². The van der Waals surface area contributed by atoms with Crippen LogP contribution in [0, 0.1) is 11.3 Å². The monoisotopic (exact) mass is 211 g/mol. The van der Waals surface area contributed by atoms with Gasteiger partial charge >= 0.3 is 0 Å². The van der Waals surface area contributed by atoms with Gasteiger partial charge in [-0.3, -0.25) is 19.3 Å². The van der Waals surface area contributed by atoms with Crippen LogP contribution < -0.4 is 0 Å². The molecule has 0 N–H and O–H groups in total. The topological polar surface area (TPSA) is 54.5 Å². The summed E-state index contributed by atoms with van der Waals surface area (Å²) in [6.45, 7) is 6.91. The Labute approximate surface area is 89.6 Å². The Morgan fingerprint density at radius 2 is 1.93 bits per heavy atom. The third-order valence-corrected chi connectivity index (χ3v) is 2.68. The van der Waals surface area contributed by atoms with Gasteiger partial charge in [-0.05, 0) is 0 Å². The van der Waals surface area contributed by atoms with E-state index >= 15 is 0 Å². The Bertz CT molecular complexity index is 318. The Morgan fingerprint density at radius 1 is 1.40 bits per heavy atom. The largest absolute Gasteiger partial charge is 0.297 e. The molecule has 0 aliphatic carbocycles. The van der Waals surface area contributed by atoms with Crippen LogP contribution in [-0.4, -0.2) is 29.0 Å². The summed E-state index contributed by atoms with van der Waals surface area (Å²) in [5.74, 6) is -0.691. The van der Waals surface area contributed by atoms with Crippen LogP contribution in [0.5, 0.6) is 0 Å². The minimum atomic E-state index is -0.645. The highest BCUT2D eigenvalue weighted by Gasteiger charge is 2.45. The van der Waals surface area contributed by atoms with E-state index in [0.29, 0.717) is 0 Å². The van der Waals surface area contributed by atoms with Crippen LogP contribution in [0.2, 0.25) is 0 Å². The first-order chi connectivity index (χ1) is 6.75. The SMILES string of the molecule is CC(C)C(=O)CN1C(=O)CC(C)(C)C1=O. The third-order valence-electron chi connectivity index (χ3n) is 2.68. The number of hydrogen-bond donors (Lipinski definition) is 0. The van der Waals surface area contributed by atoms with Crippen molar-refractivity contribution in [3.05, 3.63) is 0 Å². The number of ketones is 1. The number of carbonyl (C=O) groups excluding carboxylic acids is 3. The van der Waals surface area contributed by atoms with Gasteiger partial charge in [0.05, 0.1) is 12.0 Å². The third kappa shape index (κ3) is 2.25. The molecule has 0 radical (unpaired) electrons. The fourth-order valence-corrected chi connectivity index (χ4v) is 1.53. The molecule has 1 aliphatic heterocycles. The molecule has 4 heteroatoms. The van der Waals surface area contributed by atoms with Gasteiger partial charge in [-0.1, -0.05) is 27.7 Å². The Morgan fingerprint density at radius 3 is 2.27 bits per heavy atom. The lowest BCUT2D eigenvalue weighted by molar-refractivity contribution is -0.144. The number of imide groups is 1. The molecule has 0 bridgehead atoms. The van der Waals surface area contributed by atoms with E-state index in [0.717, 1.165) is 4.90 Å². The Kier molecular flexibility index (Phi) is 2.98. The van der Waals surface area contributed by atoms with E-state index in [9.17, 15) is 14.4 Å². The summed E-state index contributed by atoms with van der Waals surface area (Å²) < 4.78 is 0. The minimum absolute atomic E-state index is 0.0707. The quantitative estimate of drug-likeness (QED) is 0.654. The van der Waals surface area contributed by atoms with Gasteiger partial charge in [-0.15, -0.1) is 0 Å². The Balaban J connectivity index is 2.76. The van der Waals surface area contributed by atoms with Crippen molar-refractivity contribution in [2.75, 3.05) is 6.54 Å². The highest BCUT2D eigenvalue weighted by molar-refractivity contribution is 6.07. The maximum absolute atomic E-state index is 11.7. The summed E-state index contributed by atoms with van der Waals surface area (Å²) in [5, 5.41) is 0. The summed E-state index contributed by atoms with van der Waals surface area (Å²) in [6, 6.07) is 0. The molecule has 0 atom stereocenters. The summed E-state index contributed by atoms with van der Waals surface area (Å²) in [7, 11) is 0. The predicted molar refractivity (Wildman–Crippen MR) is 55.0 cm³/mol. The molecule has 1 fully saturated rings. The molecule has 1 heterocycles. The van der Waals surface area contributed by atoms with Crippen LogP contribution >= 0.6 is 0 Å². The lowest BCUT2D eigenvalue weighted by Gasteiger charge is -2.17. The number of hydrogen-bond acceptors (Lipinski definition) is 3. The van der Waals surface area contributed by atoms with E-state index in [1.807, 2.05) is 0 Å². The second kappa shape index (κ2) is 3.76. The standard InChI is InChI=1S/C11H17NO3/c1-7(2)8(13)6-12-9(14)5-11(3,4)10(12)15/h7H,5-6H2,1-4H3. The summed E-state index contributed by atoms with van der Waals surface area (Å²) >= 11 is 0. The first-order valence-electron chi connectivity index (χ1n) is 5.13. The van der Waals surface area contributed by atoms with Crippen molar-refractivity contribution >= 4 is 17.6 Å². The summed E-state index contributed by atoms with van der Waals surface area (Å²) in [5.41, 5.74) is -0.645. The molecular weight excluding hydrogens is 194 g/mol. The molecule has 0 aromatic carbocycles. The first kappa shape index (κ1) is 11.9. The highest BCUT2D eigenvalue weighted by Crippen LogP contribution is 2.31. The van der Waals surface area contributed by atoms with E-state index in [1.54, 1.807) is 27.7 Å². The summed E-state index contributed by atoms with van der Waals surface area (Å²) in [4.78, 5) is 35.8. The number of likely N-dealkylation sites (tertiary alicyclic amines) is 1. The number of carbonyl (C=O) groups is 3. The molecule has 1 aliphatic rings. The van der Waals surface area contributed by atoms with Crippen LogP contribution in [0.25, 0.3) is 0 Å². The average molecular weight is 211 g/mol. The molecule has 15 heavy (non-hydrogen) atoms. The van der Waals surface area contributed by atoms with Gasteiger partial charge < -0.3 is 0 Å². The van der Waals surface area contributed by atoms with Crippen molar-refractivity contribution in [1.82, 2.24) is 4.90 Å². The van der Waals surface area contributed by atoms with Crippen LogP contribution in [0.4, 0.5) is 0 Å². The normalized spacial score (nSPS) is 20.2. The molecule has 1 saturated heterocycles. The van der Waals surface area contributed by atoms with E-state index in [1.165, 1.54) is 0 Å². The fraction of sp³-hybridized carbons (Fsp3) is 0.727. The van der Waals surface area contributed by atoms with Gasteiger partial charge in [0.25, 0.3) is 0 Å². The first-order valence-corrected chi connectivity index (χ1v) is 5.13. The zero-order valence-electron chi connectivity index (χ0n) is 9.66.